The van der Waals surface area contributed by atoms with Crippen molar-refractivity contribution in [1.29, 1.82) is 0 Å². The third kappa shape index (κ3) is 3.40. The lowest BCUT2D eigenvalue weighted by Gasteiger charge is -2.21. The molecule has 1 fully saturated rings. The van der Waals surface area contributed by atoms with Crippen LogP contribution in [0.25, 0.3) is 10.9 Å². The van der Waals surface area contributed by atoms with Gasteiger partial charge in [-0.15, -0.1) is 0 Å². The van der Waals surface area contributed by atoms with Crippen LogP contribution in [-0.2, 0) is 23.2 Å². The molecule has 0 saturated heterocycles. The monoisotopic (exact) mass is 428 g/mol. The van der Waals surface area contributed by atoms with Crippen molar-refractivity contribution in [3.8, 4) is 0 Å². The summed E-state index contributed by atoms with van der Waals surface area (Å²) < 4.78 is 15.7. The normalized spacial score (nSPS) is 18.9. The number of benzene rings is 2. The van der Waals surface area contributed by atoms with Gasteiger partial charge in [0.1, 0.15) is 11.6 Å². The molecule has 1 saturated carbocycles. The molecule has 0 aliphatic heterocycles. The van der Waals surface area contributed by atoms with Gasteiger partial charge in [-0.1, -0.05) is 11.6 Å². The Kier molecular flexibility index (Phi) is 5.38. The van der Waals surface area contributed by atoms with Crippen molar-refractivity contribution < 1.29 is 19.1 Å². The van der Waals surface area contributed by atoms with Crippen LogP contribution < -0.4 is 4.90 Å². The predicted octanol–water partition coefficient (Wildman–Crippen LogP) is 4.19. The third-order valence-electron chi connectivity index (χ3n) is 6.07. The summed E-state index contributed by atoms with van der Waals surface area (Å²) in [6.45, 7) is -0.269. The zero-order valence-corrected chi connectivity index (χ0v) is 17.5. The molecule has 1 aliphatic rings. The van der Waals surface area contributed by atoms with Crippen LogP contribution in [0, 0.1) is 11.7 Å². The van der Waals surface area contributed by atoms with Gasteiger partial charge in [0.2, 0.25) is 5.91 Å². The average molecular weight is 429 g/mol. The molecule has 0 bridgehead atoms. The van der Waals surface area contributed by atoms with E-state index in [-0.39, 0.29) is 24.7 Å². The fourth-order valence-corrected chi connectivity index (χ4v) is 4.62. The molecule has 2 unspecified atom stereocenters. The van der Waals surface area contributed by atoms with E-state index < -0.39 is 17.7 Å². The molecule has 1 aliphatic carbocycles. The summed E-state index contributed by atoms with van der Waals surface area (Å²) in [6, 6.07) is 11.3. The maximum atomic E-state index is 13.9. The maximum absolute atomic E-state index is 13.9. The molecule has 4 rings (SSSR count). The molecule has 1 aromatic heterocycles. The van der Waals surface area contributed by atoms with Crippen LogP contribution in [0.4, 0.5) is 10.1 Å². The number of aliphatic hydroxyl groups excluding tert-OH is 1. The minimum absolute atomic E-state index is 0.0654. The molecular formula is C23H22ClFN2O3. The van der Waals surface area contributed by atoms with E-state index in [1.54, 1.807) is 49.0 Å². The first-order valence-corrected chi connectivity index (χ1v) is 10.1. The van der Waals surface area contributed by atoms with Crippen LogP contribution in [0.1, 0.15) is 30.0 Å². The molecule has 1 heterocycles. The Morgan fingerprint density at radius 2 is 1.97 bits per heavy atom. The zero-order chi connectivity index (χ0) is 21.6. The molecule has 1 N–H and O–H groups in total. The van der Waals surface area contributed by atoms with Gasteiger partial charge in [0.25, 0.3) is 0 Å². The zero-order valence-electron chi connectivity index (χ0n) is 16.7. The number of fused-ring (bicyclic) bond motifs is 1. The summed E-state index contributed by atoms with van der Waals surface area (Å²) >= 11 is 5.92. The van der Waals surface area contributed by atoms with Gasteiger partial charge in [-0.05, 0) is 54.4 Å². The van der Waals surface area contributed by atoms with Crippen molar-refractivity contribution in [2.24, 2.45) is 13.0 Å². The first-order valence-electron chi connectivity index (χ1n) is 9.75. The van der Waals surface area contributed by atoms with Crippen molar-refractivity contribution in [2.75, 3.05) is 11.9 Å². The van der Waals surface area contributed by atoms with Gasteiger partial charge in [-0.2, -0.15) is 0 Å². The largest absolute Gasteiger partial charge is 0.390 e. The SMILES string of the molecule is CN(C(=O)C1CC(=O)C(c2c(CO)n(C)c3ccc(F)cc23)C1)c1ccc(Cl)cc1. The molecular weight excluding hydrogens is 407 g/mol. The van der Waals surface area contributed by atoms with Crippen LogP contribution in [0.15, 0.2) is 42.5 Å². The van der Waals surface area contributed by atoms with E-state index in [1.807, 2.05) is 0 Å². The number of nitrogens with zero attached hydrogens (tertiary/aromatic N) is 2. The van der Waals surface area contributed by atoms with Crippen LogP contribution in [0.2, 0.25) is 5.02 Å². The Morgan fingerprint density at radius 3 is 2.63 bits per heavy atom. The topological polar surface area (TPSA) is 62.5 Å². The lowest BCUT2D eigenvalue weighted by molar-refractivity contribution is -0.124. The lowest BCUT2D eigenvalue weighted by Crippen LogP contribution is -2.31. The molecule has 30 heavy (non-hydrogen) atoms. The number of aromatic nitrogens is 1. The minimum atomic E-state index is -0.551. The summed E-state index contributed by atoms with van der Waals surface area (Å²) in [4.78, 5) is 27.5. The average Bonchev–Trinajstić information content (AvgIpc) is 3.24. The molecule has 2 aromatic carbocycles. The van der Waals surface area contributed by atoms with Crippen molar-refractivity contribution in [1.82, 2.24) is 4.57 Å². The van der Waals surface area contributed by atoms with Crippen LogP contribution in [0.5, 0.6) is 0 Å². The summed E-state index contributed by atoms with van der Waals surface area (Å²) in [6.07, 6.45) is 0.455. The summed E-state index contributed by atoms with van der Waals surface area (Å²) in [5, 5.41) is 11.1. The first kappa shape index (κ1) is 20.6. The van der Waals surface area contributed by atoms with Gasteiger partial charge in [-0.3, -0.25) is 9.59 Å². The molecule has 5 nitrogen and oxygen atoms in total. The predicted molar refractivity (Wildman–Crippen MR) is 114 cm³/mol. The molecule has 1 amide bonds. The Bertz CT molecular complexity index is 1140. The smallest absolute Gasteiger partial charge is 0.230 e. The Balaban J connectivity index is 1.66. The number of halogens is 2. The van der Waals surface area contributed by atoms with E-state index in [1.165, 1.54) is 17.0 Å². The Labute approximate surface area is 178 Å². The maximum Gasteiger partial charge on any atom is 0.230 e. The van der Waals surface area contributed by atoms with Crippen LogP contribution in [-0.4, -0.2) is 28.4 Å². The van der Waals surface area contributed by atoms with Gasteiger partial charge in [0.15, 0.2) is 0 Å². The Hall–Kier alpha value is -2.70. The molecule has 156 valence electrons. The van der Waals surface area contributed by atoms with E-state index >= 15 is 0 Å². The number of ketones is 1. The molecule has 0 spiro atoms. The number of aliphatic hydroxyl groups is 1. The second-order valence-corrected chi connectivity index (χ2v) is 8.20. The highest BCUT2D eigenvalue weighted by molar-refractivity contribution is 6.30. The summed E-state index contributed by atoms with van der Waals surface area (Å²) in [7, 11) is 3.46. The van der Waals surface area contributed by atoms with E-state index in [4.69, 9.17) is 11.6 Å². The lowest BCUT2D eigenvalue weighted by atomic mass is 9.92. The number of rotatable bonds is 4. The van der Waals surface area contributed by atoms with Crippen LogP contribution >= 0.6 is 11.6 Å². The number of carbonyl (C=O) groups is 2. The van der Waals surface area contributed by atoms with Gasteiger partial charge in [0.05, 0.1) is 6.61 Å². The molecule has 3 aromatic rings. The van der Waals surface area contributed by atoms with E-state index in [9.17, 15) is 19.1 Å². The standard InChI is InChI=1S/C23H22ClFN2O3/c1-26(16-6-3-14(24)4-7-16)23(30)13-9-18(21(29)10-13)22-17-11-15(25)5-8-19(17)27(2)20(22)12-28/h3-8,11,13,18,28H,9-10,12H2,1-2H3. The highest BCUT2D eigenvalue weighted by atomic mass is 35.5. The van der Waals surface area contributed by atoms with E-state index in [2.05, 4.69) is 0 Å². The second-order valence-electron chi connectivity index (χ2n) is 7.77. The van der Waals surface area contributed by atoms with Crippen molar-refractivity contribution >= 4 is 39.9 Å². The number of aryl methyl sites for hydroxylation is 1. The highest BCUT2D eigenvalue weighted by Crippen LogP contribution is 2.42. The van der Waals surface area contributed by atoms with Gasteiger partial charge < -0.3 is 14.6 Å². The number of carbonyl (C=O) groups excluding carboxylic acids is 2. The van der Waals surface area contributed by atoms with Crippen molar-refractivity contribution in [3.05, 3.63) is 64.6 Å². The number of amides is 1. The molecule has 2 atom stereocenters. The summed E-state index contributed by atoms with van der Waals surface area (Å²) in [5.74, 6) is -1.64. The third-order valence-corrected chi connectivity index (χ3v) is 6.33. The quantitative estimate of drug-likeness (QED) is 0.677. The van der Waals surface area contributed by atoms with Gasteiger partial charge in [-0.25, -0.2) is 4.39 Å². The van der Waals surface area contributed by atoms with Crippen molar-refractivity contribution in [3.63, 3.8) is 0 Å². The summed E-state index contributed by atoms with van der Waals surface area (Å²) in [5.41, 5.74) is 2.65. The van der Waals surface area contributed by atoms with E-state index in [0.717, 1.165) is 5.52 Å². The number of hydrogen-bond acceptors (Lipinski definition) is 3. The molecule has 0 radical (unpaired) electrons. The van der Waals surface area contributed by atoms with E-state index in [0.29, 0.717) is 33.8 Å². The number of hydrogen-bond donors (Lipinski definition) is 1. The highest BCUT2D eigenvalue weighted by Gasteiger charge is 2.41. The Morgan fingerprint density at radius 1 is 1.27 bits per heavy atom. The van der Waals surface area contributed by atoms with Crippen molar-refractivity contribution in [2.45, 2.75) is 25.4 Å². The van der Waals surface area contributed by atoms with Gasteiger partial charge >= 0.3 is 0 Å². The number of anilines is 1. The first-order chi connectivity index (χ1) is 14.3. The van der Waals surface area contributed by atoms with Gasteiger partial charge in [0, 0.05) is 59.7 Å². The molecule has 7 heteroatoms. The minimum Gasteiger partial charge on any atom is -0.390 e. The second kappa shape index (κ2) is 7.85. The fourth-order valence-electron chi connectivity index (χ4n) is 4.50. The van der Waals surface area contributed by atoms with Crippen LogP contribution in [0.3, 0.4) is 0 Å². The number of Topliss-reactive ketones (excluding diaryl/α,β-unsaturated/α-hetero) is 1. The fraction of sp³-hybridized carbons (Fsp3) is 0.304.